The van der Waals surface area contributed by atoms with Crippen LogP contribution in [0.4, 0.5) is 0 Å². The first-order valence-corrected chi connectivity index (χ1v) is 11.3. The van der Waals surface area contributed by atoms with Crippen LogP contribution in [0.5, 0.6) is 0 Å². The van der Waals surface area contributed by atoms with Crippen molar-refractivity contribution in [3.63, 3.8) is 0 Å². The van der Waals surface area contributed by atoms with Crippen molar-refractivity contribution in [3.05, 3.63) is 0 Å². The van der Waals surface area contributed by atoms with E-state index in [4.69, 9.17) is 30.4 Å². The smallest absolute Gasteiger partial charge is 0.185 e. The van der Waals surface area contributed by atoms with Gasteiger partial charge in [0.1, 0.15) is 30.0 Å². The fraction of sp³-hybridized carbons (Fsp3) is 1.00. The van der Waals surface area contributed by atoms with Gasteiger partial charge in [0, 0.05) is 12.6 Å². The number of hydrogen-bond acceptors (Lipinski definition) is 12. The molecule has 3 aliphatic rings. The molecule has 0 bridgehead atoms. The summed E-state index contributed by atoms with van der Waals surface area (Å²) >= 11 is 0. The average Bonchev–Trinajstić information content (AvgIpc) is 2.72. The first-order valence-electron chi connectivity index (χ1n) is 11.3. The Labute approximate surface area is 188 Å². The molecule has 32 heavy (non-hydrogen) atoms. The van der Waals surface area contributed by atoms with Crippen LogP contribution in [0, 0.1) is 0 Å². The fourth-order valence-corrected chi connectivity index (χ4v) is 4.83. The molecule has 10 N–H and O–H groups in total. The van der Waals surface area contributed by atoms with Gasteiger partial charge in [0.05, 0.1) is 30.9 Å². The van der Waals surface area contributed by atoms with E-state index in [1.807, 2.05) is 7.05 Å². The van der Waals surface area contributed by atoms with Gasteiger partial charge in [-0.05, 0) is 40.3 Å². The lowest BCUT2D eigenvalue weighted by molar-refractivity contribution is -0.316. The molecule has 1 saturated carbocycles. The summed E-state index contributed by atoms with van der Waals surface area (Å²) in [5, 5.41) is 48.5. The Balaban J connectivity index is 1.67. The number of hydrogen-bond donors (Lipinski definition) is 8. The van der Waals surface area contributed by atoms with Crippen molar-refractivity contribution in [2.24, 2.45) is 11.5 Å². The van der Waals surface area contributed by atoms with E-state index in [-0.39, 0.29) is 25.2 Å². The van der Waals surface area contributed by atoms with Gasteiger partial charge in [-0.25, -0.2) is 0 Å². The fourth-order valence-electron chi connectivity index (χ4n) is 4.83. The minimum absolute atomic E-state index is 0.0727. The van der Waals surface area contributed by atoms with Gasteiger partial charge in [0.15, 0.2) is 12.6 Å². The summed E-state index contributed by atoms with van der Waals surface area (Å²) in [5.41, 5.74) is 11.0. The van der Waals surface area contributed by atoms with Crippen LogP contribution < -0.4 is 22.1 Å². The molecule has 0 radical (unpaired) electrons. The first kappa shape index (κ1) is 26.1. The highest BCUT2D eigenvalue weighted by atomic mass is 16.7. The molecule has 2 heterocycles. The summed E-state index contributed by atoms with van der Waals surface area (Å²) in [6.45, 7) is 2.08. The van der Waals surface area contributed by atoms with Gasteiger partial charge in [-0.3, -0.25) is 0 Å². The molecule has 12 nitrogen and oxygen atoms in total. The molecule has 3 rings (SSSR count). The number of nitrogens with one attached hydrogen (secondary N) is 2. The Morgan fingerprint density at radius 3 is 2.34 bits per heavy atom. The minimum atomic E-state index is -1.32. The van der Waals surface area contributed by atoms with Gasteiger partial charge in [-0.2, -0.15) is 0 Å². The highest BCUT2D eigenvalue weighted by Gasteiger charge is 2.51. The van der Waals surface area contributed by atoms with Crippen molar-refractivity contribution < 1.29 is 39.4 Å². The van der Waals surface area contributed by atoms with E-state index in [2.05, 4.69) is 10.6 Å². The molecular weight excluding hydrogens is 424 g/mol. The van der Waals surface area contributed by atoms with Crippen LogP contribution >= 0.6 is 0 Å². The van der Waals surface area contributed by atoms with Gasteiger partial charge < -0.3 is 61.5 Å². The summed E-state index contributed by atoms with van der Waals surface area (Å²) in [5.74, 6) is 0. The second-order valence-corrected chi connectivity index (χ2v) is 9.38. The summed E-state index contributed by atoms with van der Waals surface area (Å²) in [4.78, 5) is 0. The van der Waals surface area contributed by atoms with Crippen LogP contribution in [-0.2, 0) is 18.9 Å². The van der Waals surface area contributed by atoms with Crippen molar-refractivity contribution in [1.29, 1.82) is 0 Å². The highest BCUT2D eigenvalue weighted by Crippen LogP contribution is 2.32. The summed E-state index contributed by atoms with van der Waals surface area (Å²) in [6, 6.07) is -1.79. The quantitative estimate of drug-likeness (QED) is 0.184. The monoisotopic (exact) mass is 464 g/mol. The normalized spacial score (nSPS) is 50.3. The minimum Gasteiger partial charge on any atom is -0.390 e. The Morgan fingerprint density at radius 1 is 1.00 bits per heavy atom. The van der Waals surface area contributed by atoms with E-state index in [0.29, 0.717) is 13.0 Å². The number of aliphatic hydroxyl groups is 4. The lowest BCUT2D eigenvalue weighted by Crippen LogP contribution is -2.67. The molecule has 2 aliphatic heterocycles. The van der Waals surface area contributed by atoms with Crippen LogP contribution in [0.2, 0.25) is 0 Å². The van der Waals surface area contributed by atoms with Crippen LogP contribution in [0.25, 0.3) is 0 Å². The summed E-state index contributed by atoms with van der Waals surface area (Å²) < 4.78 is 23.3. The van der Waals surface area contributed by atoms with Crippen molar-refractivity contribution in [2.75, 3.05) is 27.2 Å². The molecule has 0 amide bonds. The van der Waals surface area contributed by atoms with E-state index < -0.39 is 60.8 Å². The molecular formula is C20H40N4O8. The Hall–Kier alpha value is -0.480. The number of nitrogens with two attached hydrogens (primary N) is 2. The molecule has 0 spiro atoms. The van der Waals surface area contributed by atoms with Gasteiger partial charge in [0.2, 0.25) is 0 Å². The lowest BCUT2D eigenvalue weighted by atomic mass is 9.85. The SMILES string of the molecule is CNC[C@H]1CC[C@@H](N)[C@@H](O[C@@H]2[C@@H](O)[C@H](O[C@H]3OC[C@](C)(O)[C@H](NC)[C@@H]3O)[C@H](O)C[C@@H]2N)O1. The first-order chi connectivity index (χ1) is 15.1. The third kappa shape index (κ3) is 5.59. The van der Waals surface area contributed by atoms with Crippen molar-refractivity contribution in [1.82, 2.24) is 10.6 Å². The number of likely N-dealkylation sites (N-methyl/N-ethyl adjacent to an activating group) is 2. The number of aliphatic hydroxyl groups excluding tert-OH is 3. The predicted octanol–water partition coefficient (Wildman–Crippen LogP) is -3.68. The van der Waals surface area contributed by atoms with E-state index in [1.54, 1.807) is 7.05 Å². The van der Waals surface area contributed by atoms with Gasteiger partial charge >= 0.3 is 0 Å². The summed E-state index contributed by atoms with van der Waals surface area (Å²) in [6.07, 6.45) is -6.12. The molecule has 0 aromatic heterocycles. The van der Waals surface area contributed by atoms with Gasteiger partial charge in [-0.1, -0.05) is 0 Å². The van der Waals surface area contributed by atoms with Crippen LogP contribution in [0.3, 0.4) is 0 Å². The van der Waals surface area contributed by atoms with Gasteiger partial charge in [0.25, 0.3) is 0 Å². The second kappa shape index (κ2) is 10.8. The van der Waals surface area contributed by atoms with Crippen molar-refractivity contribution in [3.8, 4) is 0 Å². The highest BCUT2D eigenvalue weighted by molar-refractivity contribution is 5.00. The Kier molecular flexibility index (Phi) is 8.86. The molecule has 12 atom stereocenters. The van der Waals surface area contributed by atoms with Crippen molar-refractivity contribution >= 4 is 0 Å². The average molecular weight is 465 g/mol. The van der Waals surface area contributed by atoms with Gasteiger partial charge in [-0.15, -0.1) is 0 Å². The van der Waals surface area contributed by atoms with E-state index in [9.17, 15) is 20.4 Å². The maximum Gasteiger partial charge on any atom is 0.185 e. The second-order valence-electron chi connectivity index (χ2n) is 9.38. The third-order valence-corrected chi connectivity index (χ3v) is 6.64. The molecule has 188 valence electrons. The molecule has 3 fully saturated rings. The van der Waals surface area contributed by atoms with E-state index in [1.165, 1.54) is 6.92 Å². The van der Waals surface area contributed by atoms with E-state index >= 15 is 0 Å². The zero-order chi connectivity index (χ0) is 23.6. The maximum absolute atomic E-state index is 11.0. The standard InChI is InChI=1S/C20H40N4O8/c1-20(28)8-29-19(14(27)17(20)24-3)32-16-12(25)6-11(22)15(13(16)26)31-18-10(21)5-4-9(30-18)7-23-2/h9-19,23-28H,4-8,21-22H2,1-3H3/t9-,10-,11+,12-,13-,14+,15+,16-,17-,18-,19-,20+/m1/s1. The number of ether oxygens (including phenoxy) is 4. The molecule has 1 aliphatic carbocycles. The zero-order valence-electron chi connectivity index (χ0n) is 19.0. The Morgan fingerprint density at radius 2 is 1.69 bits per heavy atom. The maximum atomic E-state index is 11.0. The molecule has 0 aromatic rings. The molecule has 0 aromatic carbocycles. The predicted molar refractivity (Wildman–Crippen MR) is 113 cm³/mol. The number of rotatable bonds is 7. The molecule has 12 heteroatoms. The van der Waals surface area contributed by atoms with Crippen LogP contribution in [-0.4, -0.2) is 121 Å². The molecule has 0 unspecified atom stereocenters. The Bertz CT molecular complexity index is 602. The summed E-state index contributed by atoms with van der Waals surface area (Å²) in [7, 11) is 3.43. The van der Waals surface area contributed by atoms with Crippen LogP contribution in [0.15, 0.2) is 0 Å². The molecule has 2 saturated heterocycles. The lowest BCUT2D eigenvalue weighted by Gasteiger charge is -2.48. The topological polar surface area (TPSA) is 194 Å². The largest absolute Gasteiger partial charge is 0.390 e. The van der Waals surface area contributed by atoms with E-state index in [0.717, 1.165) is 6.42 Å². The zero-order valence-corrected chi connectivity index (χ0v) is 19.0. The van der Waals surface area contributed by atoms with Crippen molar-refractivity contribution in [2.45, 2.75) is 99.1 Å². The third-order valence-electron chi connectivity index (χ3n) is 6.64. The van der Waals surface area contributed by atoms with Crippen LogP contribution in [0.1, 0.15) is 26.2 Å².